The standard InChI is InChI=1S/C11H17N/c1-9-7-5-6-8-11(9)10(2)12(3)4/h5-8,10-11H,1H2,2-4H3. The molecule has 0 amide bonds. The maximum atomic E-state index is 4.03. The van der Waals surface area contributed by atoms with Crippen LogP contribution in [-0.2, 0) is 0 Å². The third-order valence-electron chi connectivity index (χ3n) is 2.50. The molecule has 1 nitrogen and oxygen atoms in total. The van der Waals surface area contributed by atoms with Gasteiger partial charge in [-0.3, -0.25) is 0 Å². The summed E-state index contributed by atoms with van der Waals surface area (Å²) in [6, 6.07) is 0.527. The summed E-state index contributed by atoms with van der Waals surface area (Å²) in [4.78, 5) is 2.22. The zero-order valence-corrected chi connectivity index (χ0v) is 8.12. The number of hydrogen-bond acceptors (Lipinski definition) is 1. The smallest absolute Gasteiger partial charge is 0.0168 e. The van der Waals surface area contributed by atoms with Gasteiger partial charge < -0.3 is 4.90 Å². The molecular weight excluding hydrogens is 146 g/mol. The van der Waals surface area contributed by atoms with Gasteiger partial charge in [-0.2, -0.15) is 0 Å². The van der Waals surface area contributed by atoms with E-state index < -0.39 is 0 Å². The van der Waals surface area contributed by atoms with Gasteiger partial charge in [-0.15, -0.1) is 0 Å². The molecule has 0 fully saturated rings. The van der Waals surface area contributed by atoms with E-state index in [1.54, 1.807) is 0 Å². The summed E-state index contributed by atoms with van der Waals surface area (Å²) in [6.07, 6.45) is 8.44. The average molecular weight is 163 g/mol. The molecule has 0 aromatic rings. The average Bonchev–Trinajstić information content (AvgIpc) is 2.04. The fraction of sp³-hybridized carbons (Fsp3) is 0.455. The summed E-state index contributed by atoms with van der Waals surface area (Å²) >= 11 is 0. The molecule has 2 atom stereocenters. The molecule has 0 radical (unpaired) electrons. The van der Waals surface area contributed by atoms with Gasteiger partial charge in [0.15, 0.2) is 0 Å². The Morgan fingerprint density at radius 3 is 2.58 bits per heavy atom. The lowest BCUT2D eigenvalue weighted by molar-refractivity contribution is 0.277. The van der Waals surface area contributed by atoms with E-state index in [9.17, 15) is 0 Å². The van der Waals surface area contributed by atoms with E-state index in [0.717, 1.165) is 0 Å². The van der Waals surface area contributed by atoms with E-state index in [1.807, 2.05) is 6.08 Å². The molecule has 0 bridgehead atoms. The van der Waals surface area contributed by atoms with Crippen LogP contribution in [0, 0.1) is 5.92 Å². The highest BCUT2D eigenvalue weighted by molar-refractivity contribution is 5.32. The highest BCUT2D eigenvalue weighted by atomic mass is 15.1. The van der Waals surface area contributed by atoms with E-state index in [2.05, 4.69) is 50.7 Å². The maximum Gasteiger partial charge on any atom is 0.0168 e. The lowest BCUT2D eigenvalue weighted by Gasteiger charge is -2.28. The molecule has 12 heavy (non-hydrogen) atoms. The minimum atomic E-state index is 0.477. The van der Waals surface area contributed by atoms with Crippen molar-refractivity contribution >= 4 is 0 Å². The minimum Gasteiger partial charge on any atom is -0.306 e. The van der Waals surface area contributed by atoms with Gasteiger partial charge in [0.05, 0.1) is 0 Å². The summed E-state index contributed by atoms with van der Waals surface area (Å²) in [6.45, 7) is 6.26. The zero-order chi connectivity index (χ0) is 9.14. The van der Waals surface area contributed by atoms with Crippen molar-refractivity contribution in [1.82, 2.24) is 4.90 Å². The third kappa shape index (κ3) is 1.86. The Morgan fingerprint density at radius 1 is 1.42 bits per heavy atom. The Bertz CT molecular complexity index is 223. The summed E-state index contributed by atoms with van der Waals surface area (Å²) in [5.41, 5.74) is 1.21. The topological polar surface area (TPSA) is 3.24 Å². The Labute approximate surface area is 75.1 Å². The van der Waals surface area contributed by atoms with Crippen molar-refractivity contribution in [3.05, 3.63) is 36.5 Å². The zero-order valence-electron chi connectivity index (χ0n) is 8.12. The Balaban J connectivity index is 2.69. The number of rotatable bonds is 2. The van der Waals surface area contributed by atoms with Crippen molar-refractivity contribution in [2.24, 2.45) is 5.92 Å². The molecule has 1 aliphatic carbocycles. The summed E-state index contributed by atoms with van der Waals surface area (Å²) in [5.74, 6) is 0.477. The van der Waals surface area contributed by atoms with E-state index in [4.69, 9.17) is 0 Å². The first kappa shape index (κ1) is 9.27. The van der Waals surface area contributed by atoms with Gasteiger partial charge in [0, 0.05) is 12.0 Å². The summed E-state index contributed by atoms with van der Waals surface area (Å²) < 4.78 is 0. The summed E-state index contributed by atoms with van der Waals surface area (Å²) in [5, 5.41) is 0. The van der Waals surface area contributed by atoms with Crippen LogP contribution in [0.2, 0.25) is 0 Å². The second kappa shape index (κ2) is 3.72. The monoisotopic (exact) mass is 163 g/mol. The molecule has 0 aromatic heterocycles. The van der Waals surface area contributed by atoms with Gasteiger partial charge >= 0.3 is 0 Å². The molecule has 0 N–H and O–H groups in total. The predicted octanol–water partition coefficient (Wildman–Crippen LogP) is 2.23. The predicted molar refractivity (Wildman–Crippen MR) is 54.1 cm³/mol. The first-order valence-corrected chi connectivity index (χ1v) is 4.33. The van der Waals surface area contributed by atoms with E-state index in [1.165, 1.54) is 5.57 Å². The van der Waals surface area contributed by atoms with Crippen LogP contribution in [0.5, 0.6) is 0 Å². The molecule has 66 valence electrons. The molecule has 1 heteroatoms. The fourth-order valence-corrected chi connectivity index (χ4v) is 1.39. The van der Waals surface area contributed by atoms with Crippen LogP contribution in [0.3, 0.4) is 0 Å². The van der Waals surface area contributed by atoms with Crippen molar-refractivity contribution in [1.29, 1.82) is 0 Å². The first-order chi connectivity index (χ1) is 5.63. The Hall–Kier alpha value is -0.820. The quantitative estimate of drug-likeness (QED) is 0.603. The van der Waals surface area contributed by atoms with Crippen LogP contribution in [0.15, 0.2) is 36.5 Å². The van der Waals surface area contributed by atoms with Gasteiger partial charge in [-0.1, -0.05) is 30.9 Å². The van der Waals surface area contributed by atoms with Gasteiger partial charge in [-0.25, -0.2) is 0 Å². The van der Waals surface area contributed by atoms with Crippen LogP contribution in [-0.4, -0.2) is 25.0 Å². The molecule has 1 aliphatic rings. The van der Waals surface area contributed by atoms with Gasteiger partial charge in [-0.05, 0) is 26.6 Å². The maximum absolute atomic E-state index is 4.03. The van der Waals surface area contributed by atoms with Gasteiger partial charge in [0.1, 0.15) is 0 Å². The lowest BCUT2D eigenvalue weighted by atomic mass is 9.89. The van der Waals surface area contributed by atoms with E-state index in [-0.39, 0.29) is 0 Å². The number of hydrogen-bond donors (Lipinski definition) is 0. The molecule has 0 heterocycles. The van der Waals surface area contributed by atoms with Crippen molar-refractivity contribution < 1.29 is 0 Å². The molecule has 0 aromatic carbocycles. The molecule has 0 saturated heterocycles. The second-order valence-corrected chi connectivity index (χ2v) is 3.55. The highest BCUT2D eigenvalue weighted by Gasteiger charge is 2.18. The fourth-order valence-electron chi connectivity index (χ4n) is 1.39. The highest BCUT2D eigenvalue weighted by Crippen LogP contribution is 2.22. The van der Waals surface area contributed by atoms with Crippen LogP contribution >= 0.6 is 0 Å². The van der Waals surface area contributed by atoms with Crippen LogP contribution in [0.1, 0.15) is 6.92 Å². The van der Waals surface area contributed by atoms with Crippen molar-refractivity contribution in [2.75, 3.05) is 14.1 Å². The van der Waals surface area contributed by atoms with Crippen molar-refractivity contribution in [3.8, 4) is 0 Å². The van der Waals surface area contributed by atoms with Crippen molar-refractivity contribution in [3.63, 3.8) is 0 Å². The SMILES string of the molecule is C=C1C=CC=CC1C(C)N(C)C. The first-order valence-electron chi connectivity index (χ1n) is 4.33. The van der Waals surface area contributed by atoms with E-state index in [0.29, 0.717) is 12.0 Å². The van der Waals surface area contributed by atoms with Crippen LogP contribution in [0.25, 0.3) is 0 Å². The molecule has 0 aliphatic heterocycles. The number of nitrogens with zero attached hydrogens (tertiary/aromatic N) is 1. The van der Waals surface area contributed by atoms with Gasteiger partial charge in [0.25, 0.3) is 0 Å². The minimum absolute atomic E-state index is 0.477. The van der Waals surface area contributed by atoms with Crippen LogP contribution in [0.4, 0.5) is 0 Å². The molecule has 0 saturated carbocycles. The second-order valence-electron chi connectivity index (χ2n) is 3.55. The lowest BCUT2D eigenvalue weighted by Crippen LogP contribution is -2.32. The Kier molecular flexibility index (Phi) is 2.88. The Morgan fingerprint density at radius 2 is 2.08 bits per heavy atom. The van der Waals surface area contributed by atoms with E-state index >= 15 is 0 Å². The van der Waals surface area contributed by atoms with Crippen molar-refractivity contribution in [2.45, 2.75) is 13.0 Å². The molecular formula is C11H17N. The molecule has 0 spiro atoms. The molecule has 2 unspecified atom stereocenters. The largest absolute Gasteiger partial charge is 0.306 e. The summed E-state index contributed by atoms with van der Waals surface area (Å²) in [7, 11) is 4.20. The van der Waals surface area contributed by atoms with Crippen LogP contribution < -0.4 is 0 Å². The molecule has 1 rings (SSSR count). The van der Waals surface area contributed by atoms with Gasteiger partial charge in [0.2, 0.25) is 0 Å². The normalized spacial score (nSPS) is 25.0. The number of allylic oxidation sites excluding steroid dienone is 3. The third-order valence-corrected chi connectivity index (χ3v) is 2.50.